The number of hydrogen-bond acceptors (Lipinski definition) is 4. The van der Waals surface area contributed by atoms with Gasteiger partial charge in [-0.3, -0.25) is 9.69 Å². The minimum Gasteiger partial charge on any atom is -0.378 e. The lowest BCUT2D eigenvalue weighted by Crippen LogP contribution is -2.59. The maximum atomic E-state index is 15.0. The Balaban J connectivity index is 1.37. The van der Waals surface area contributed by atoms with Crippen molar-refractivity contribution in [2.45, 2.75) is 63.8 Å². The van der Waals surface area contributed by atoms with Gasteiger partial charge >= 0.3 is 0 Å². The lowest BCUT2D eigenvalue weighted by atomic mass is 9.87. The molecule has 6 atom stereocenters. The van der Waals surface area contributed by atoms with Crippen LogP contribution in [-0.4, -0.2) is 72.7 Å². The zero-order valence-electron chi connectivity index (χ0n) is 21.7. The van der Waals surface area contributed by atoms with Crippen LogP contribution in [0.25, 0.3) is 0 Å². The molecule has 0 aliphatic carbocycles. The van der Waals surface area contributed by atoms with Crippen molar-refractivity contribution in [3.63, 3.8) is 0 Å². The van der Waals surface area contributed by atoms with Crippen molar-refractivity contribution in [3.05, 3.63) is 65.5 Å². The molecule has 200 valence electrons. The van der Waals surface area contributed by atoms with Gasteiger partial charge in [0.15, 0.2) is 0 Å². The van der Waals surface area contributed by atoms with E-state index in [9.17, 15) is 18.0 Å². The summed E-state index contributed by atoms with van der Waals surface area (Å²) in [6.07, 6.45) is 1.91. The monoisotopic (exact) mass is 515 g/mol. The molecule has 0 spiro atoms. The van der Waals surface area contributed by atoms with Gasteiger partial charge in [0.1, 0.15) is 17.5 Å². The molecule has 1 amide bonds. The number of halogens is 3. The number of amides is 1. The van der Waals surface area contributed by atoms with Crippen LogP contribution >= 0.6 is 0 Å². The van der Waals surface area contributed by atoms with Gasteiger partial charge in [0.25, 0.3) is 0 Å². The zero-order chi connectivity index (χ0) is 26.3. The SMILES string of the molecule is C[C@@H]1CN(C(=O)[C@@H]2CN([C@@H]3CCO[C@@H](C)C3)C[C@H]2c2ccc(F)cc2F)C[C@H](C)N1c1ccc(F)cc1. The molecule has 0 aromatic heterocycles. The van der Waals surface area contributed by atoms with Crippen molar-refractivity contribution in [1.29, 1.82) is 0 Å². The molecule has 3 heterocycles. The van der Waals surface area contributed by atoms with E-state index in [1.807, 2.05) is 4.90 Å². The van der Waals surface area contributed by atoms with E-state index in [0.29, 0.717) is 38.3 Å². The predicted molar refractivity (Wildman–Crippen MR) is 137 cm³/mol. The van der Waals surface area contributed by atoms with Crippen molar-refractivity contribution in [1.82, 2.24) is 9.80 Å². The molecular formula is C29H36F3N3O2. The number of carbonyl (C=O) groups excluding carboxylic acids is 1. The highest BCUT2D eigenvalue weighted by molar-refractivity contribution is 5.81. The lowest BCUT2D eigenvalue weighted by molar-refractivity contribution is -0.137. The normalized spacial score (nSPS) is 31.1. The summed E-state index contributed by atoms with van der Waals surface area (Å²) in [5, 5.41) is 0. The summed E-state index contributed by atoms with van der Waals surface area (Å²) >= 11 is 0. The van der Waals surface area contributed by atoms with Crippen molar-refractivity contribution >= 4 is 11.6 Å². The number of carbonyl (C=O) groups is 1. The highest BCUT2D eigenvalue weighted by Crippen LogP contribution is 2.39. The van der Waals surface area contributed by atoms with Crippen LogP contribution in [0.3, 0.4) is 0 Å². The Morgan fingerprint density at radius 3 is 2.22 bits per heavy atom. The summed E-state index contributed by atoms with van der Waals surface area (Å²) in [4.78, 5) is 20.5. The fourth-order valence-electron chi connectivity index (χ4n) is 6.67. The molecule has 0 bridgehead atoms. The van der Waals surface area contributed by atoms with E-state index < -0.39 is 17.6 Å². The van der Waals surface area contributed by atoms with Gasteiger partial charge < -0.3 is 14.5 Å². The van der Waals surface area contributed by atoms with E-state index >= 15 is 0 Å². The summed E-state index contributed by atoms with van der Waals surface area (Å²) in [7, 11) is 0. The van der Waals surface area contributed by atoms with Gasteiger partial charge in [-0.15, -0.1) is 0 Å². The molecule has 3 saturated heterocycles. The number of likely N-dealkylation sites (tertiary alicyclic amines) is 1. The standard InChI is InChI=1S/C29H36F3N3O2/c1-18-14-34(15-19(2)35(18)23-7-4-21(30)5-8-23)29(36)27-17-33(24-10-11-37-20(3)12-24)16-26(27)25-9-6-22(31)13-28(25)32/h4-9,13,18-20,24,26-27H,10-12,14-17H2,1-3H3/t18-,19+,20-,24+,26-,27+/m0/s1. The molecule has 0 N–H and O–H groups in total. The van der Waals surface area contributed by atoms with Crippen LogP contribution in [0.1, 0.15) is 45.1 Å². The molecule has 5 rings (SSSR count). The Labute approximate surface area is 217 Å². The molecule has 37 heavy (non-hydrogen) atoms. The quantitative estimate of drug-likeness (QED) is 0.586. The molecule has 3 aliphatic rings. The van der Waals surface area contributed by atoms with Gasteiger partial charge in [-0.05, 0) is 69.5 Å². The Morgan fingerprint density at radius 2 is 1.57 bits per heavy atom. The minimum absolute atomic E-state index is 0.0220. The highest BCUT2D eigenvalue weighted by atomic mass is 19.1. The molecule has 2 aromatic carbocycles. The van der Waals surface area contributed by atoms with Crippen LogP contribution in [-0.2, 0) is 9.53 Å². The van der Waals surface area contributed by atoms with E-state index in [2.05, 4.69) is 30.6 Å². The summed E-state index contributed by atoms with van der Waals surface area (Å²) < 4.78 is 47.9. The van der Waals surface area contributed by atoms with E-state index in [1.165, 1.54) is 24.3 Å². The van der Waals surface area contributed by atoms with Crippen LogP contribution in [0.5, 0.6) is 0 Å². The molecule has 3 fully saturated rings. The van der Waals surface area contributed by atoms with Gasteiger partial charge in [-0.25, -0.2) is 13.2 Å². The second-order valence-electron chi connectivity index (χ2n) is 11.0. The molecule has 8 heteroatoms. The average molecular weight is 516 g/mol. The van der Waals surface area contributed by atoms with Crippen LogP contribution in [0, 0.1) is 23.4 Å². The van der Waals surface area contributed by atoms with Crippen molar-refractivity contribution in [2.24, 2.45) is 5.92 Å². The maximum Gasteiger partial charge on any atom is 0.227 e. The van der Waals surface area contributed by atoms with Gasteiger partial charge in [-0.2, -0.15) is 0 Å². The van der Waals surface area contributed by atoms with Crippen LogP contribution in [0.15, 0.2) is 42.5 Å². The fraction of sp³-hybridized carbons (Fsp3) is 0.552. The fourth-order valence-corrected chi connectivity index (χ4v) is 6.67. The predicted octanol–water partition coefficient (Wildman–Crippen LogP) is 4.81. The second kappa shape index (κ2) is 10.7. The first kappa shape index (κ1) is 26.0. The number of anilines is 1. The summed E-state index contributed by atoms with van der Waals surface area (Å²) in [6, 6.07) is 10.5. The van der Waals surface area contributed by atoms with Crippen LogP contribution in [0.4, 0.5) is 18.9 Å². The summed E-state index contributed by atoms with van der Waals surface area (Å²) in [6.45, 7) is 9.06. The van der Waals surface area contributed by atoms with E-state index in [-0.39, 0.29) is 41.9 Å². The Hall–Kier alpha value is -2.58. The summed E-state index contributed by atoms with van der Waals surface area (Å²) in [5.74, 6) is -2.21. The smallest absolute Gasteiger partial charge is 0.227 e. The molecule has 3 aliphatic heterocycles. The Kier molecular flexibility index (Phi) is 7.50. The van der Waals surface area contributed by atoms with Gasteiger partial charge in [0.2, 0.25) is 5.91 Å². The molecule has 0 saturated carbocycles. The van der Waals surface area contributed by atoms with Gasteiger partial charge in [0, 0.05) is 68.6 Å². The molecule has 5 nitrogen and oxygen atoms in total. The number of nitrogens with zero attached hydrogens (tertiary/aromatic N) is 3. The molecular weight excluding hydrogens is 479 g/mol. The number of piperazine rings is 1. The van der Waals surface area contributed by atoms with Crippen molar-refractivity contribution in [2.75, 3.05) is 37.7 Å². The summed E-state index contributed by atoms with van der Waals surface area (Å²) in [5.41, 5.74) is 1.34. The van der Waals surface area contributed by atoms with Crippen LogP contribution in [0.2, 0.25) is 0 Å². The largest absolute Gasteiger partial charge is 0.378 e. The average Bonchev–Trinajstić information content (AvgIpc) is 3.29. The Bertz CT molecular complexity index is 1100. The molecule has 2 aromatic rings. The third-order valence-corrected chi connectivity index (χ3v) is 8.36. The third-order valence-electron chi connectivity index (χ3n) is 8.36. The zero-order valence-corrected chi connectivity index (χ0v) is 21.7. The third kappa shape index (κ3) is 5.36. The molecule has 0 radical (unpaired) electrons. The van der Waals surface area contributed by atoms with Gasteiger partial charge in [0.05, 0.1) is 12.0 Å². The molecule has 0 unspecified atom stereocenters. The van der Waals surface area contributed by atoms with Crippen LogP contribution < -0.4 is 4.90 Å². The number of benzene rings is 2. The Morgan fingerprint density at radius 1 is 0.892 bits per heavy atom. The first-order valence-electron chi connectivity index (χ1n) is 13.3. The topological polar surface area (TPSA) is 36.0 Å². The highest BCUT2D eigenvalue weighted by Gasteiger charge is 2.45. The lowest BCUT2D eigenvalue weighted by Gasteiger charge is -2.46. The van der Waals surface area contributed by atoms with E-state index in [4.69, 9.17) is 4.74 Å². The first-order chi connectivity index (χ1) is 17.7. The minimum atomic E-state index is -0.614. The van der Waals surface area contributed by atoms with Crippen molar-refractivity contribution in [3.8, 4) is 0 Å². The number of ether oxygens (including phenoxy) is 1. The maximum absolute atomic E-state index is 15.0. The second-order valence-corrected chi connectivity index (χ2v) is 11.0. The van der Waals surface area contributed by atoms with E-state index in [1.54, 1.807) is 12.1 Å². The van der Waals surface area contributed by atoms with Gasteiger partial charge in [-0.1, -0.05) is 6.07 Å². The number of rotatable bonds is 4. The van der Waals surface area contributed by atoms with Crippen molar-refractivity contribution < 1.29 is 22.7 Å². The van der Waals surface area contributed by atoms with E-state index in [0.717, 1.165) is 24.6 Å². The number of hydrogen-bond donors (Lipinski definition) is 0. The first-order valence-corrected chi connectivity index (χ1v) is 13.3.